The number of carbonyl (C=O) groups is 1. The number of halogens is 1. The minimum Gasteiger partial charge on any atom is -0.467 e. The number of aromatic nitrogens is 6. The highest BCUT2D eigenvalue weighted by Gasteiger charge is 2.26. The topological polar surface area (TPSA) is 99.2 Å². The molecular formula is C19H20BrN7O2. The van der Waals surface area contributed by atoms with Crippen LogP contribution in [-0.4, -0.2) is 48.5 Å². The second kappa shape index (κ2) is 7.43. The van der Waals surface area contributed by atoms with Gasteiger partial charge in [0.05, 0.1) is 24.4 Å². The van der Waals surface area contributed by atoms with Gasteiger partial charge in [0.15, 0.2) is 11.5 Å². The van der Waals surface area contributed by atoms with Gasteiger partial charge in [-0.2, -0.15) is 9.61 Å². The van der Waals surface area contributed by atoms with Gasteiger partial charge in [-0.3, -0.25) is 4.68 Å². The van der Waals surface area contributed by atoms with Crippen LogP contribution in [0.3, 0.4) is 0 Å². The molecule has 1 atom stereocenters. The predicted octanol–water partition coefficient (Wildman–Crippen LogP) is 3.05. The van der Waals surface area contributed by atoms with Crippen LogP contribution < -0.4 is 5.32 Å². The minimum absolute atomic E-state index is 0.0180. The van der Waals surface area contributed by atoms with Gasteiger partial charge >= 0.3 is 5.97 Å². The number of ether oxygens (including phenoxy) is 1. The van der Waals surface area contributed by atoms with Crippen LogP contribution in [0.25, 0.3) is 27.9 Å². The molecule has 3 heterocycles. The fourth-order valence-corrected chi connectivity index (χ4v) is 3.57. The maximum absolute atomic E-state index is 12.3. The zero-order valence-corrected chi connectivity index (χ0v) is 18.0. The summed E-state index contributed by atoms with van der Waals surface area (Å²) in [4.78, 5) is 21.7. The lowest BCUT2D eigenvalue weighted by molar-refractivity contribution is -0.142. The first-order valence-corrected chi connectivity index (χ1v) is 9.86. The van der Waals surface area contributed by atoms with Gasteiger partial charge in [0.1, 0.15) is 6.04 Å². The lowest BCUT2D eigenvalue weighted by Crippen LogP contribution is -2.36. The number of hydrogen-bond acceptors (Lipinski definition) is 7. The van der Waals surface area contributed by atoms with Gasteiger partial charge in [0.25, 0.3) is 0 Å². The SMILES string of the molecule is COC(=O)C(Nc1nc2c(Br)cccc2c2nc(-c3cnn(C)c3)nn12)C(C)C. The number of benzene rings is 1. The zero-order valence-electron chi connectivity index (χ0n) is 16.4. The molecule has 9 nitrogen and oxygen atoms in total. The Balaban J connectivity index is 1.95. The molecule has 0 saturated heterocycles. The third-order valence-corrected chi connectivity index (χ3v) is 5.26. The molecule has 0 radical (unpaired) electrons. The molecule has 0 aliphatic rings. The van der Waals surface area contributed by atoms with Gasteiger partial charge in [-0.05, 0) is 34.0 Å². The lowest BCUT2D eigenvalue weighted by atomic mass is 10.1. The third-order valence-electron chi connectivity index (χ3n) is 4.62. The highest BCUT2D eigenvalue weighted by Crippen LogP contribution is 2.29. The van der Waals surface area contributed by atoms with E-state index in [4.69, 9.17) is 14.7 Å². The molecule has 10 heteroatoms. The Bertz CT molecular complexity index is 1210. The first kappa shape index (κ1) is 19.3. The van der Waals surface area contributed by atoms with Crippen LogP contribution >= 0.6 is 15.9 Å². The molecule has 29 heavy (non-hydrogen) atoms. The molecule has 0 spiro atoms. The minimum atomic E-state index is -0.582. The Morgan fingerprint density at radius 3 is 2.72 bits per heavy atom. The van der Waals surface area contributed by atoms with Crippen LogP contribution in [0.4, 0.5) is 5.95 Å². The van der Waals surface area contributed by atoms with Gasteiger partial charge in [0, 0.05) is 23.1 Å². The Labute approximate surface area is 175 Å². The predicted molar refractivity (Wildman–Crippen MR) is 112 cm³/mol. The number of para-hydroxylation sites is 1. The van der Waals surface area contributed by atoms with Crippen LogP contribution in [0, 0.1) is 5.92 Å². The molecule has 0 aliphatic heterocycles. The standard InChI is InChI=1S/C19H20BrN7O2/c1-10(2)14(18(28)29-4)22-19-23-15-12(6-5-7-13(15)20)17-24-16(25-27(17)19)11-8-21-26(3)9-11/h5-10,14H,1-4H3,(H,22,23). The number of aryl methyl sites for hydroxylation is 1. The normalized spacial score (nSPS) is 12.6. The van der Waals surface area contributed by atoms with E-state index in [0.717, 1.165) is 20.9 Å². The zero-order chi connectivity index (χ0) is 20.7. The summed E-state index contributed by atoms with van der Waals surface area (Å²) in [5.41, 5.74) is 2.14. The molecule has 3 aromatic heterocycles. The average molecular weight is 458 g/mol. The Kier molecular flexibility index (Phi) is 4.95. The number of hydrogen-bond donors (Lipinski definition) is 1. The van der Waals surface area contributed by atoms with E-state index >= 15 is 0 Å². The van der Waals surface area contributed by atoms with E-state index in [1.807, 2.05) is 45.3 Å². The van der Waals surface area contributed by atoms with E-state index in [0.29, 0.717) is 17.4 Å². The molecule has 0 bridgehead atoms. The summed E-state index contributed by atoms with van der Waals surface area (Å²) in [5.74, 6) is 0.547. The number of nitrogens with one attached hydrogen (secondary N) is 1. The maximum atomic E-state index is 12.3. The maximum Gasteiger partial charge on any atom is 0.328 e. The average Bonchev–Trinajstić information content (AvgIpc) is 3.32. The Morgan fingerprint density at radius 1 is 1.28 bits per heavy atom. The van der Waals surface area contributed by atoms with Gasteiger partial charge in [-0.1, -0.05) is 19.9 Å². The number of anilines is 1. The molecule has 4 rings (SSSR count). The van der Waals surface area contributed by atoms with Crippen molar-refractivity contribution in [2.24, 2.45) is 13.0 Å². The first-order valence-electron chi connectivity index (χ1n) is 9.07. The van der Waals surface area contributed by atoms with Crippen molar-refractivity contribution in [3.05, 3.63) is 35.1 Å². The first-order chi connectivity index (χ1) is 13.9. The largest absolute Gasteiger partial charge is 0.467 e. The summed E-state index contributed by atoms with van der Waals surface area (Å²) >= 11 is 3.56. The summed E-state index contributed by atoms with van der Waals surface area (Å²) in [6.07, 6.45) is 3.55. The van der Waals surface area contributed by atoms with Crippen LogP contribution in [0.1, 0.15) is 13.8 Å². The van der Waals surface area contributed by atoms with Crippen molar-refractivity contribution in [3.63, 3.8) is 0 Å². The number of methoxy groups -OCH3 is 1. The fraction of sp³-hybridized carbons (Fsp3) is 0.316. The molecule has 0 amide bonds. The van der Waals surface area contributed by atoms with Crippen molar-refractivity contribution in [2.45, 2.75) is 19.9 Å². The smallest absolute Gasteiger partial charge is 0.328 e. The number of rotatable bonds is 5. The lowest BCUT2D eigenvalue weighted by Gasteiger charge is -2.20. The highest BCUT2D eigenvalue weighted by atomic mass is 79.9. The molecule has 0 saturated carbocycles. The van der Waals surface area contributed by atoms with Crippen LogP contribution in [0.5, 0.6) is 0 Å². The molecule has 0 fully saturated rings. The second-order valence-corrected chi connectivity index (χ2v) is 7.89. The van der Waals surface area contributed by atoms with E-state index in [-0.39, 0.29) is 11.9 Å². The number of esters is 1. The third kappa shape index (κ3) is 3.44. The van der Waals surface area contributed by atoms with Crippen molar-refractivity contribution in [1.29, 1.82) is 0 Å². The molecule has 1 N–H and O–H groups in total. The van der Waals surface area contributed by atoms with Gasteiger partial charge in [-0.15, -0.1) is 5.10 Å². The van der Waals surface area contributed by atoms with Gasteiger partial charge in [0.2, 0.25) is 5.95 Å². The monoisotopic (exact) mass is 457 g/mol. The van der Waals surface area contributed by atoms with E-state index < -0.39 is 6.04 Å². The van der Waals surface area contributed by atoms with Crippen LogP contribution in [-0.2, 0) is 16.6 Å². The van der Waals surface area contributed by atoms with Gasteiger partial charge in [-0.25, -0.2) is 14.8 Å². The fourth-order valence-electron chi connectivity index (χ4n) is 3.11. The number of carbonyl (C=O) groups excluding carboxylic acids is 1. The number of fused-ring (bicyclic) bond motifs is 3. The highest BCUT2D eigenvalue weighted by molar-refractivity contribution is 9.10. The summed E-state index contributed by atoms with van der Waals surface area (Å²) < 4.78 is 9.09. The van der Waals surface area contributed by atoms with Gasteiger partial charge < -0.3 is 10.1 Å². The van der Waals surface area contributed by atoms with Crippen LogP contribution in [0.15, 0.2) is 35.1 Å². The van der Waals surface area contributed by atoms with Crippen molar-refractivity contribution < 1.29 is 9.53 Å². The van der Waals surface area contributed by atoms with Crippen molar-refractivity contribution in [2.75, 3.05) is 12.4 Å². The molecule has 0 aliphatic carbocycles. The van der Waals surface area contributed by atoms with E-state index in [1.165, 1.54) is 7.11 Å². The molecular weight excluding hydrogens is 438 g/mol. The molecule has 1 aromatic carbocycles. The molecule has 4 aromatic rings. The summed E-state index contributed by atoms with van der Waals surface area (Å²) in [6, 6.07) is 5.19. The van der Waals surface area contributed by atoms with Crippen molar-refractivity contribution in [1.82, 2.24) is 29.4 Å². The Hall–Kier alpha value is -3.01. The summed E-state index contributed by atoms with van der Waals surface area (Å²) in [6.45, 7) is 3.87. The van der Waals surface area contributed by atoms with E-state index in [9.17, 15) is 4.79 Å². The van der Waals surface area contributed by atoms with Crippen molar-refractivity contribution in [3.8, 4) is 11.4 Å². The quantitative estimate of drug-likeness (QED) is 0.459. The van der Waals surface area contributed by atoms with E-state index in [2.05, 4.69) is 31.4 Å². The van der Waals surface area contributed by atoms with Crippen molar-refractivity contribution >= 4 is 44.4 Å². The molecule has 150 valence electrons. The summed E-state index contributed by atoms with van der Waals surface area (Å²) in [7, 11) is 3.21. The van der Waals surface area contributed by atoms with E-state index in [1.54, 1.807) is 15.4 Å². The molecule has 1 unspecified atom stereocenters. The summed E-state index contributed by atoms with van der Waals surface area (Å²) in [5, 5.41) is 12.9. The second-order valence-electron chi connectivity index (χ2n) is 7.03. The Morgan fingerprint density at radius 2 is 2.07 bits per heavy atom. The van der Waals surface area contributed by atoms with Crippen LogP contribution in [0.2, 0.25) is 0 Å². The number of nitrogens with zero attached hydrogens (tertiary/aromatic N) is 6.